The predicted molar refractivity (Wildman–Crippen MR) is 132 cm³/mol. The summed E-state index contributed by atoms with van der Waals surface area (Å²) >= 11 is 0. The molecule has 0 aliphatic carbocycles. The van der Waals surface area contributed by atoms with E-state index in [2.05, 4.69) is 86.6 Å². The van der Waals surface area contributed by atoms with Crippen molar-refractivity contribution in [3.05, 3.63) is 78.4 Å². The molecule has 0 saturated heterocycles. The normalized spacial score (nSPS) is 12.0. The molecule has 0 radical (unpaired) electrons. The van der Waals surface area contributed by atoms with E-state index in [1.807, 2.05) is 6.92 Å². The molecule has 1 unspecified atom stereocenters. The molecule has 0 bridgehead atoms. The molecular formula is C29H36O2. The second kappa shape index (κ2) is 12.3. The summed E-state index contributed by atoms with van der Waals surface area (Å²) in [7, 11) is 0. The molecular weight excluding hydrogens is 380 g/mol. The molecule has 2 nitrogen and oxygen atoms in total. The first-order valence-electron chi connectivity index (χ1n) is 11.8. The zero-order chi connectivity index (χ0) is 21.9. The van der Waals surface area contributed by atoms with Gasteiger partial charge < -0.3 is 9.47 Å². The molecule has 0 aromatic heterocycles. The lowest BCUT2D eigenvalue weighted by molar-refractivity contribution is 0.0764. The highest BCUT2D eigenvalue weighted by Gasteiger charge is 2.09. The highest BCUT2D eigenvalue weighted by Crippen LogP contribution is 2.33. The van der Waals surface area contributed by atoms with Crippen LogP contribution in [0.15, 0.2) is 72.8 Å². The van der Waals surface area contributed by atoms with Crippen molar-refractivity contribution in [3.63, 3.8) is 0 Å². The molecule has 3 aromatic rings. The van der Waals surface area contributed by atoms with Gasteiger partial charge in [0.25, 0.3) is 0 Å². The number of rotatable bonds is 12. The van der Waals surface area contributed by atoms with E-state index >= 15 is 0 Å². The second-order valence-electron chi connectivity index (χ2n) is 8.05. The van der Waals surface area contributed by atoms with Gasteiger partial charge >= 0.3 is 0 Å². The SMILES string of the molecule is CCCCCCCOc1ccc(-c2ccccc2-c2ccc(C(C)OCC)cc2)cc1. The number of hydrogen-bond acceptors (Lipinski definition) is 2. The second-order valence-corrected chi connectivity index (χ2v) is 8.05. The maximum absolute atomic E-state index is 5.94. The molecule has 0 spiro atoms. The largest absolute Gasteiger partial charge is 0.494 e. The van der Waals surface area contributed by atoms with Crippen LogP contribution < -0.4 is 4.74 Å². The summed E-state index contributed by atoms with van der Waals surface area (Å²) in [6.45, 7) is 7.90. The molecule has 164 valence electrons. The van der Waals surface area contributed by atoms with E-state index in [1.165, 1.54) is 53.5 Å². The first-order chi connectivity index (χ1) is 15.2. The Labute approximate surface area is 188 Å². The molecule has 1 atom stereocenters. The Bertz CT molecular complexity index is 897. The van der Waals surface area contributed by atoms with Gasteiger partial charge in [0.2, 0.25) is 0 Å². The van der Waals surface area contributed by atoms with Crippen molar-refractivity contribution in [2.24, 2.45) is 0 Å². The maximum Gasteiger partial charge on any atom is 0.119 e. The van der Waals surface area contributed by atoms with Crippen LogP contribution in [0.25, 0.3) is 22.3 Å². The summed E-state index contributed by atoms with van der Waals surface area (Å²) in [4.78, 5) is 0. The molecule has 0 amide bonds. The Morgan fingerprint density at radius 2 is 1.26 bits per heavy atom. The Morgan fingerprint density at radius 1 is 0.677 bits per heavy atom. The van der Waals surface area contributed by atoms with Crippen molar-refractivity contribution >= 4 is 0 Å². The zero-order valence-electron chi connectivity index (χ0n) is 19.3. The molecule has 31 heavy (non-hydrogen) atoms. The van der Waals surface area contributed by atoms with E-state index in [-0.39, 0.29) is 6.10 Å². The van der Waals surface area contributed by atoms with Crippen LogP contribution in [-0.4, -0.2) is 13.2 Å². The third-order valence-electron chi connectivity index (χ3n) is 5.72. The van der Waals surface area contributed by atoms with Gasteiger partial charge in [-0.1, -0.05) is 93.3 Å². The molecule has 0 N–H and O–H groups in total. The Morgan fingerprint density at radius 3 is 1.84 bits per heavy atom. The number of hydrogen-bond donors (Lipinski definition) is 0. The molecule has 0 saturated carbocycles. The Kier molecular flexibility index (Phi) is 9.17. The van der Waals surface area contributed by atoms with Gasteiger partial charge in [0.1, 0.15) is 5.75 Å². The van der Waals surface area contributed by atoms with Gasteiger partial charge in [-0.05, 0) is 60.2 Å². The molecule has 0 heterocycles. The van der Waals surface area contributed by atoms with Gasteiger partial charge in [0, 0.05) is 6.61 Å². The average Bonchev–Trinajstić information content (AvgIpc) is 2.82. The van der Waals surface area contributed by atoms with E-state index in [0.717, 1.165) is 25.4 Å². The first-order valence-corrected chi connectivity index (χ1v) is 11.8. The zero-order valence-corrected chi connectivity index (χ0v) is 19.3. The van der Waals surface area contributed by atoms with Gasteiger partial charge in [-0.15, -0.1) is 0 Å². The van der Waals surface area contributed by atoms with Gasteiger partial charge in [-0.2, -0.15) is 0 Å². The molecule has 3 rings (SSSR count). The van der Waals surface area contributed by atoms with Crippen molar-refractivity contribution in [2.45, 2.75) is 59.0 Å². The van der Waals surface area contributed by atoms with Gasteiger partial charge in [-0.25, -0.2) is 0 Å². The van der Waals surface area contributed by atoms with Crippen LogP contribution in [-0.2, 0) is 4.74 Å². The minimum atomic E-state index is 0.119. The van der Waals surface area contributed by atoms with E-state index in [0.29, 0.717) is 0 Å². The molecule has 0 aliphatic heterocycles. The van der Waals surface area contributed by atoms with Crippen molar-refractivity contribution < 1.29 is 9.47 Å². The van der Waals surface area contributed by atoms with Crippen LogP contribution in [0.3, 0.4) is 0 Å². The minimum absolute atomic E-state index is 0.119. The van der Waals surface area contributed by atoms with Crippen LogP contribution in [0.2, 0.25) is 0 Å². The van der Waals surface area contributed by atoms with E-state index in [9.17, 15) is 0 Å². The standard InChI is InChI=1S/C29H36O2/c1-4-6-7-8-11-22-31-27-20-18-26(19-21-27)29-13-10-9-12-28(29)25-16-14-24(15-17-25)23(3)30-5-2/h9-10,12-21,23H,4-8,11,22H2,1-3H3. The Hall–Kier alpha value is -2.58. The summed E-state index contributed by atoms with van der Waals surface area (Å²) in [5.74, 6) is 0.950. The lowest BCUT2D eigenvalue weighted by Crippen LogP contribution is -1.99. The van der Waals surface area contributed by atoms with Crippen LogP contribution in [0.1, 0.15) is 64.5 Å². The molecule has 2 heteroatoms. The fourth-order valence-electron chi connectivity index (χ4n) is 3.89. The summed E-state index contributed by atoms with van der Waals surface area (Å²) in [6, 6.07) is 25.8. The van der Waals surface area contributed by atoms with Crippen LogP contribution >= 0.6 is 0 Å². The predicted octanol–water partition coefficient (Wildman–Crippen LogP) is 8.47. The van der Waals surface area contributed by atoms with Gasteiger partial charge in [0.15, 0.2) is 0 Å². The number of benzene rings is 3. The van der Waals surface area contributed by atoms with E-state index in [4.69, 9.17) is 9.47 Å². The van der Waals surface area contributed by atoms with Crippen LogP contribution in [0.4, 0.5) is 0 Å². The third kappa shape index (κ3) is 6.70. The van der Waals surface area contributed by atoms with Crippen molar-refractivity contribution in [1.82, 2.24) is 0 Å². The molecule has 3 aromatic carbocycles. The van der Waals surface area contributed by atoms with Crippen LogP contribution in [0, 0.1) is 0 Å². The highest BCUT2D eigenvalue weighted by molar-refractivity contribution is 5.83. The van der Waals surface area contributed by atoms with E-state index in [1.54, 1.807) is 0 Å². The van der Waals surface area contributed by atoms with E-state index < -0.39 is 0 Å². The Balaban J connectivity index is 1.69. The minimum Gasteiger partial charge on any atom is -0.494 e. The van der Waals surface area contributed by atoms with Crippen molar-refractivity contribution in [1.29, 1.82) is 0 Å². The quantitative estimate of drug-likeness (QED) is 0.276. The third-order valence-corrected chi connectivity index (χ3v) is 5.72. The fourth-order valence-corrected chi connectivity index (χ4v) is 3.89. The first kappa shape index (κ1) is 23.1. The van der Waals surface area contributed by atoms with Crippen molar-refractivity contribution in [2.75, 3.05) is 13.2 Å². The van der Waals surface area contributed by atoms with Crippen LogP contribution in [0.5, 0.6) is 5.75 Å². The summed E-state index contributed by atoms with van der Waals surface area (Å²) in [6.07, 6.45) is 6.40. The number of unbranched alkanes of at least 4 members (excludes halogenated alkanes) is 4. The average molecular weight is 417 g/mol. The van der Waals surface area contributed by atoms with Gasteiger partial charge in [0.05, 0.1) is 12.7 Å². The summed E-state index contributed by atoms with van der Waals surface area (Å²) in [5, 5.41) is 0. The smallest absolute Gasteiger partial charge is 0.119 e. The summed E-state index contributed by atoms with van der Waals surface area (Å²) < 4.78 is 11.7. The maximum atomic E-state index is 5.94. The lowest BCUT2D eigenvalue weighted by atomic mass is 9.94. The monoisotopic (exact) mass is 416 g/mol. The fraction of sp³-hybridized carbons (Fsp3) is 0.379. The topological polar surface area (TPSA) is 18.5 Å². The number of ether oxygens (including phenoxy) is 2. The highest BCUT2D eigenvalue weighted by atomic mass is 16.5. The summed E-state index contributed by atoms with van der Waals surface area (Å²) in [5.41, 5.74) is 6.11. The van der Waals surface area contributed by atoms with Gasteiger partial charge in [-0.3, -0.25) is 0 Å². The molecule has 0 fully saturated rings. The lowest BCUT2D eigenvalue weighted by Gasteiger charge is -2.14. The van der Waals surface area contributed by atoms with Crippen molar-refractivity contribution in [3.8, 4) is 28.0 Å². The molecule has 0 aliphatic rings.